The van der Waals surface area contributed by atoms with E-state index in [9.17, 15) is 4.79 Å². The maximum atomic E-state index is 16.3. The average Bonchev–Trinajstić information content (AvgIpc) is 3.12. The molecular formula is C28H36FN7O3S. The summed E-state index contributed by atoms with van der Waals surface area (Å²) >= 11 is 1.33. The van der Waals surface area contributed by atoms with Crippen molar-refractivity contribution in [2.75, 3.05) is 30.0 Å². The fourth-order valence-electron chi connectivity index (χ4n) is 5.44. The highest BCUT2D eigenvalue weighted by Crippen LogP contribution is 2.41. The minimum atomic E-state index is -0.578. The molecule has 40 heavy (non-hydrogen) atoms. The Hall–Kier alpha value is -3.41. The maximum Gasteiger partial charge on any atom is 0.410 e. The van der Waals surface area contributed by atoms with E-state index in [0.717, 1.165) is 12.8 Å². The van der Waals surface area contributed by atoms with Gasteiger partial charge in [-0.05, 0) is 72.8 Å². The number of piperazine rings is 1. The highest BCUT2D eigenvalue weighted by molar-refractivity contribution is 7.98. The van der Waals surface area contributed by atoms with Crippen molar-refractivity contribution in [2.45, 2.75) is 83.3 Å². The van der Waals surface area contributed by atoms with Crippen molar-refractivity contribution < 1.29 is 18.7 Å². The number of nitrogens with zero attached hydrogens (tertiary/aromatic N) is 6. The third-order valence-electron chi connectivity index (χ3n) is 6.88. The topological polar surface area (TPSA) is 120 Å². The quantitative estimate of drug-likeness (QED) is 0.324. The predicted molar refractivity (Wildman–Crippen MR) is 154 cm³/mol. The number of thioether (sulfide) groups is 1. The largest absolute Gasteiger partial charge is 0.474 e. The van der Waals surface area contributed by atoms with E-state index in [1.807, 2.05) is 45.8 Å². The van der Waals surface area contributed by atoms with Gasteiger partial charge in [0.05, 0.1) is 18.2 Å². The number of carbonyl (C=O) groups is 1. The second-order valence-electron chi connectivity index (χ2n) is 11.6. The average molecular weight is 570 g/mol. The first-order chi connectivity index (χ1) is 18.8. The van der Waals surface area contributed by atoms with Crippen molar-refractivity contribution in [1.82, 2.24) is 24.8 Å². The Morgan fingerprint density at radius 3 is 2.38 bits per heavy atom. The molecule has 10 nitrogen and oxygen atoms in total. The molecule has 2 aliphatic rings. The Kier molecular flexibility index (Phi) is 7.41. The van der Waals surface area contributed by atoms with E-state index in [1.165, 1.54) is 11.8 Å². The number of amides is 1. The zero-order chi connectivity index (χ0) is 28.9. The summed E-state index contributed by atoms with van der Waals surface area (Å²) < 4.78 is 28.2. The molecular weight excluding hydrogens is 533 g/mol. The number of hydrogen-bond acceptors (Lipinski definition) is 10. The Labute approximate surface area is 237 Å². The van der Waals surface area contributed by atoms with Gasteiger partial charge in [0.25, 0.3) is 0 Å². The number of rotatable bonds is 5. The number of halogens is 1. The minimum Gasteiger partial charge on any atom is -0.474 e. The van der Waals surface area contributed by atoms with E-state index in [0.29, 0.717) is 40.7 Å². The summed E-state index contributed by atoms with van der Waals surface area (Å²) in [6.07, 6.45) is 3.03. The van der Waals surface area contributed by atoms with Crippen LogP contribution in [0.15, 0.2) is 17.3 Å². The van der Waals surface area contributed by atoms with E-state index < -0.39 is 11.4 Å². The monoisotopic (exact) mass is 569 g/mol. The lowest BCUT2D eigenvalue weighted by Gasteiger charge is -2.42. The van der Waals surface area contributed by atoms with Crippen LogP contribution in [-0.4, -0.2) is 74.1 Å². The van der Waals surface area contributed by atoms with Crippen molar-refractivity contribution in [3.8, 4) is 17.1 Å². The first-order valence-corrected chi connectivity index (χ1v) is 14.7. The van der Waals surface area contributed by atoms with Crippen LogP contribution < -0.4 is 15.4 Å². The van der Waals surface area contributed by atoms with Gasteiger partial charge < -0.3 is 20.1 Å². The third-order valence-corrected chi connectivity index (χ3v) is 7.42. The molecule has 0 radical (unpaired) electrons. The number of nitrogen functional groups attached to an aromatic ring is 1. The molecule has 3 aromatic rings. The molecule has 2 atom stereocenters. The first-order valence-electron chi connectivity index (χ1n) is 13.5. The van der Waals surface area contributed by atoms with Crippen LogP contribution in [0, 0.1) is 12.7 Å². The van der Waals surface area contributed by atoms with E-state index in [2.05, 4.69) is 19.9 Å². The molecule has 12 heteroatoms. The van der Waals surface area contributed by atoms with Gasteiger partial charge in [0.2, 0.25) is 5.88 Å². The number of carbonyl (C=O) groups excluding carboxylic acids is 1. The van der Waals surface area contributed by atoms with Gasteiger partial charge in [-0.25, -0.2) is 29.1 Å². The Balaban J connectivity index is 1.63. The van der Waals surface area contributed by atoms with E-state index in [-0.39, 0.29) is 47.2 Å². The van der Waals surface area contributed by atoms with E-state index >= 15 is 4.39 Å². The summed E-state index contributed by atoms with van der Waals surface area (Å²) in [5.41, 5.74) is 6.76. The van der Waals surface area contributed by atoms with Crippen LogP contribution >= 0.6 is 11.8 Å². The zero-order valence-corrected chi connectivity index (χ0v) is 24.8. The molecule has 2 unspecified atom stereocenters. The summed E-state index contributed by atoms with van der Waals surface area (Å²) in [6, 6.07) is 3.23. The van der Waals surface area contributed by atoms with Gasteiger partial charge in [0, 0.05) is 24.3 Å². The highest BCUT2D eigenvalue weighted by Gasteiger charge is 2.45. The van der Waals surface area contributed by atoms with Crippen LogP contribution in [-0.2, 0) is 4.74 Å². The van der Waals surface area contributed by atoms with Crippen LogP contribution in [0.3, 0.4) is 0 Å². The molecule has 2 aliphatic heterocycles. The van der Waals surface area contributed by atoms with Gasteiger partial charge in [-0.3, -0.25) is 4.90 Å². The normalized spacial score (nSPS) is 19.0. The maximum absolute atomic E-state index is 16.3. The highest BCUT2D eigenvalue weighted by atomic mass is 32.2. The fraction of sp³-hybridized carbons (Fsp3) is 0.536. The zero-order valence-electron chi connectivity index (χ0n) is 24.0. The molecule has 1 amide bonds. The molecule has 2 bridgehead atoms. The predicted octanol–water partition coefficient (Wildman–Crippen LogP) is 5.21. The molecule has 0 spiro atoms. The Bertz CT molecular complexity index is 1430. The number of nitrogens with two attached hydrogens (primary N) is 1. The van der Waals surface area contributed by atoms with Gasteiger partial charge in [-0.1, -0.05) is 11.8 Å². The molecule has 5 heterocycles. The Morgan fingerprint density at radius 2 is 1.80 bits per heavy atom. The summed E-state index contributed by atoms with van der Waals surface area (Å²) in [5.74, 6) is 0.493. The molecule has 0 aromatic carbocycles. The molecule has 2 N–H and O–H groups in total. The molecule has 5 rings (SSSR count). The molecule has 214 valence electrons. The summed E-state index contributed by atoms with van der Waals surface area (Å²) in [5, 5.41) is 0.845. The molecule has 2 saturated heterocycles. The number of hydrogen-bond donors (Lipinski definition) is 1. The van der Waals surface area contributed by atoms with Gasteiger partial charge in [0.1, 0.15) is 33.8 Å². The summed E-state index contributed by atoms with van der Waals surface area (Å²) in [4.78, 5) is 35.3. The second kappa shape index (κ2) is 10.5. The van der Waals surface area contributed by atoms with Crippen molar-refractivity contribution in [3.05, 3.63) is 23.6 Å². The smallest absolute Gasteiger partial charge is 0.410 e. The second-order valence-corrected chi connectivity index (χ2v) is 12.4. The number of aryl methyl sites for hydroxylation is 1. The van der Waals surface area contributed by atoms with Gasteiger partial charge in [-0.15, -0.1) is 0 Å². The molecule has 0 saturated carbocycles. The summed E-state index contributed by atoms with van der Waals surface area (Å²) in [7, 11) is 0. The molecule has 3 aromatic heterocycles. The lowest BCUT2D eigenvalue weighted by atomic mass is 10.1. The van der Waals surface area contributed by atoms with Crippen LogP contribution in [0.25, 0.3) is 22.2 Å². The number of ether oxygens (including phenoxy) is 2. The van der Waals surface area contributed by atoms with Crippen LogP contribution in [0.5, 0.6) is 5.88 Å². The molecule has 2 fully saturated rings. The lowest BCUT2D eigenvalue weighted by Crippen LogP contribution is -2.57. The first kappa shape index (κ1) is 28.1. The van der Waals surface area contributed by atoms with Crippen molar-refractivity contribution in [2.24, 2.45) is 0 Å². The van der Waals surface area contributed by atoms with Crippen molar-refractivity contribution >= 4 is 40.4 Å². The lowest BCUT2D eigenvalue weighted by molar-refractivity contribution is 0.0123. The third kappa shape index (κ3) is 5.45. The minimum absolute atomic E-state index is 0.0503. The Morgan fingerprint density at radius 1 is 1.12 bits per heavy atom. The van der Waals surface area contributed by atoms with Gasteiger partial charge in [-0.2, -0.15) is 0 Å². The van der Waals surface area contributed by atoms with Crippen molar-refractivity contribution in [3.63, 3.8) is 0 Å². The van der Waals surface area contributed by atoms with Crippen molar-refractivity contribution in [1.29, 1.82) is 0 Å². The van der Waals surface area contributed by atoms with Gasteiger partial charge in [0.15, 0.2) is 11.0 Å². The molecule has 0 aliphatic carbocycles. The number of pyridine rings is 2. The van der Waals surface area contributed by atoms with Crippen LogP contribution in [0.4, 0.5) is 20.8 Å². The number of aromatic nitrogens is 4. The number of anilines is 2. The SMILES string of the molecule is CSc1nc(N2CC3CCC(C2)N3C(=O)OC(C)(C)C)c2c(OC(C)C)nc(-c3cc(C)nc(N)c3)c(F)c2n1. The number of fused-ring (bicyclic) bond motifs is 3. The van der Waals surface area contributed by atoms with E-state index in [4.69, 9.17) is 20.2 Å². The standard InChI is InChI=1S/C28H36FN7O3S/c1-14(2)38-25-20-23(21(29)22(32-25)16-10-15(3)31-19(30)11-16)33-26(40-7)34-24(20)35-12-17-8-9-18(13-35)36(17)27(37)39-28(4,5)6/h10-11,14,17-18H,8-9,12-13H2,1-7H3,(H2,30,31). The summed E-state index contributed by atoms with van der Waals surface area (Å²) in [6.45, 7) is 12.2. The van der Waals surface area contributed by atoms with Crippen LogP contribution in [0.1, 0.15) is 53.2 Å². The van der Waals surface area contributed by atoms with Gasteiger partial charge >= 0.3 is 6.09 Å². The van der Waals surface area contributed by atoms with Crippen LogP contribution in [0.2, 0.25) is 0 Å². The fourth-order valence-corrected chi connectivity index (χ4v) is 5.80. The van der Waals surface area contributed by atoms with E-state index in [1.54, 1.807) is 19.1 Å².